The molecule has 5 nitrogen and oxygen atoms in total. The van der Waals surface area contributed by atoms with E-state index in [1.165, 1.54) is 0 Å². The van der Waals surface area contributed by atoms with Gasteiger partial charge in [-0.2, -0.15) is 0 Å². The highest BCUT2D eigenvalue weighted by Crippen LogP contribution is 2.22. The van der Waals surface area contributed by atoms with Gasteiger partial charge in [-0.3, -0.25) is 20.0 Å². The number of nitrogens with one attached hydrogen (secondary N) is 1. The molecule has 2 aromatic carbocycles. The monoisotopic (exact) mass is 353 g/mol. The van der Waals surface area contributed by atoms with Gasteiger partial charge in [0.2, 0.25) is 5.91 Å². The number of benzene rings is 2. The number of thiazole rings is 1. The van der Waals surface area contributed by atoms with Gasteiger partial charge in [-0.15, -0.1) is 0 Å². The second-order valence-corrected chi connectivity index (χ2v) is 6.41. The number of nitrogens with zero attached hydrogens (tertiary/aromatic N) is 2. The second-order valence-electron chi connectivity index (χ2n) is 5.59. The summed E-state index contributed by atoms with van der Waals surface area (Å²) < 4.78 is 1.62. The SMILES string of the molecule is Cc1csc(=O)n1CCC(=O)NN(c1ccccc1)c1ccccc1. The molecule has 0 aliphatic heterocycles. The van der Waals surface area contributed by atoms with Crippen LogP contribution in [0.5, 0.6) is 0 Å². The lowest BCUT2D eigenvalue weighted by molar-refractivity contribution is -0.121. The third-order valence-corrected chi connectivity index (χ3v) is 4.69. The molecule has 3 aromatic rings. The maximum absolute atomic E-state index is 12.5. The van der Waals surface area contributed by atoms with Gasteiger partial charge in [-0.05, 0) is 31.2 Å². The molecule has 0 fully saturated rings. The van der Waals surface area contributed by atoms with Crippen molar-refractivity contribution in [2.45, 2.75) is 19.9 Å². The highest BCUT2D eigenvalue weighted by Gasteiger charge is 2.13. The molecule has 0 radical (unpaired) electrons. The van der Waals surface area contributed by atoms with Gasteiger partial charge < -0.3 is 4.57 Å². The third-order valence-electron chi connectivity index (χ3n) is 3.80. The summed E-state index contributed by atoms with van der Waals surface area (Å²) in [7, 11) is 0. The molecule has 1 N–H and O–H groups in total. The van der Waals surface area contributed by atoms with Crippen LogP contribution in [0.1, 0.15) is 12.1 Å². The number of aryl methyl sites for hydroxylation is 1. The van der Waals surface area contributed by atoms with E-state index < -0.39 is 0 Å². The number of hydrogen-bond donors (Lipinski definition) is 1. The zero-order valence-electron chi connectivity index (χ0n) is 13.9. The second kappa shape index (κ2) is 7.81. The fourth-order valence-corrected chi connectivity index (χ4v) is 3.26. The molecule has 0 bridgehead atoms. The Morgan fingerprint density at radius 2 is 1.60 bits per heavy atom. The first kappa shape index (κ1) is 17.0. The summed E-state index contributed by atoms with van der Waals surface area (Å²) >= 11 is 1.16. The predicted octanol–water partition coefficient (Wildman–Crippen LogP) is 3.48. The van der Waals surface area contributed by atoms with Crippen molar-refractivity contribution in [2.24, 2.45) is 0 Å². The average Bonchev–Trinajstić information content (AvgIpc) is 2.97. The summed E-state index contributed by atoms with van der Waals surface area (Å²) in [5.41, 5.74) is 5.55. The zero-order chi connectivity index (χ0) is 17.6. The van der Waals surface area contributed by atoms with E-state index in [9.17, 15) is 9.59 Å². The number of hydrogen-bond acceptors (Lipinski definition) is 4. The van der Waals surface area contributed by atoms with Crippen molar-refractivity contribution >= 4 is 28.6 Å². The fraction of sp³-hybridized carbons (Fsp3) is 0.158. The highest BCUT2D eigenvalue weighted by atomic mass is 32.1. The first-order valence-electron chi connectivity index (χ1n) is 8.00. The Hall–Kier alpha value is -2.86. The van der Waals surface area contributed by atoms with E-state index in [1.807, 2.05) is 67.6 Å². The zero-order valence-corrected chi connectivity index (χ0v) is 14.7. The van der Waals surface area contributed by atoms with Crippen LogP contribution in [0, 0.1) is 6.92 Å². The highest BCUT2D eigenvalue weighted by molar-refractivity contribution is 7.07. The van der Waals surface area contributed by atoms with E-state index in [4.69, 9.17) is 0 Å². The van der Waals surface area contributed by atoms with Crippen LogP contribution in [0.25, 0.3) is 0 Å². The van der Waals surface area contributed by atoms with E-state index in [-0.39, 0.29) is 17.2 Å². The Kier molecular flexibility index (Phi) is 5.30. The lowest BCUT2D eigenvalue weighted by atomic mass is 10.2. The van der Waals surface area contributed by atoms with Crippen LogP contribution < -0.4 is 15.3 Å². The molecule has 0 saturated carbocycles. The first-order chi connectivity index (χ1) is 12.1. The van der Waals surface area contributed by atoms with Crippen LogP contribution in [0.2, 0.25) is 0 Å². The van der Waals surface area contributed by atoms with Gasteiger partial charge in [0.1, 0.15) is 0 Å². The molecular formula is C19H19N3O2S. The molecule has 3 rings (SSSR count). The molecule has 0 unspecified atom stereocenters. The lowest BCUT2D eigenvalue weighted by Gasteiger charge is -2.25. The maximum Gasteiger partial charge on any atom is 0.307 e. The minimum atomic E-state index is -0.148. The molecule has 0 atom stereocenters. The number of carbonyl (C=O) groups excluding carboxylic acids is 1. The van der Waals surface area contributed by atoms with Crippen molar-refractivity contribution in [3.63, 3.8) is 0 Å². The molecule has 0 aliphatic rings. The van der Waals surface area contributed by atoms with Gasteiger partial charge in [-0.25, -0.2) is 0 Å². The van der Waals surface area contributed by atoms with Gasteiger partial charge in [0.05, 0.1) is 11.4 Å². The van der Waals surface area contributed by atoms with Crippen LogP contribution in [0.15, 0.2) is 70.8 Å². The summed E-state index contributed by atoms with van der Waals surface area (Å²) in [6.45, 7) is 2.24. The number of aromatic nitrogens is 1. The van der Waals surface area contributed by atoms with E-state index >= 15 is 0 Å². The van der Waals surface area contributed by atoms with Gasteiger partial charge >= 0.3 is 4.87 Å². The number of rotatable bonds is 6. The van der Waals surface area contributed by atoms with E-state index in [0.717, 1.165) is 28.4 Å². The Bertz CT molecular complexity index is 848. The van der Waals surface area contributed by atoms with Gasteiger partial charge in [0, 0.05) is 24.0 Å². The minimum absolute atomic E-state index is 0.0340. The summed E-state index contributed by atoms with van der Waals surface area (Å²) in [5, 5.41) is 3.56. The van der Waals surface area contributed by atoms with Crippen molar-refractivity contribution < 1.29 is 4.79 Å². The number of carbonyl (C=O) groups is 1. The topological polar surface area (TPSA) is 54.3 Å². The number of hydrazine groups is 1. The fourth-order valence-electron chi connectivity index (χ4n) is 2.50. The Balaban J connectivity index is 1.74. The molecule has 6 heteroatoms. The molecule has 0 aliphatic carbocycles. The van der Waals surface area contributed by atoms with Crippen LogP contribution >= 0.6 is 11.3 Å². The summed E-state index contributed by atoms with van der Waals surface area (Å²) in [6, 6.07) is 19.3. The summed E-state index contributed by atoms with van der Waals surface area (Å²) in [4.78, 5) is 24.2. The number of anilines is 2. The molecule has 0 saturated heterocycles. The maximum atomic E-state index is 12.5. The molecule has 25 heavy (non-hydrogen) atoms. The van der Waals surface area contributed by atoms with E-state index in [1.54, 1.807) is 15.0 Å². The normalized spacial score (nSPS) is 10.4. The van der Waals surface area contributed by atoms with Crippen molar-refractivity contribution in [3.8, 4) is 0 Å². The van der Waals surface area contributed by atoms with E-state index in [2.05, 4.69) is 5.43 Å². The Morgan fingerprint density at radius 1 is 1.04 bits per heavy atom. The van der Waals surface area contributed by atoms with Gasteiger partial charge in [0.15, 0.2) is 0 Å². The predicted molar refractivity (Wildman–Crippen MR) is 101 cm³/mol. The molecule has 0 spiro atoms. The van der Waals surface area contributed by atoms with Crippen molar-refractivity contribution in [1.82, 2.24) is 9.99 Å². The third kappa shape index (κ3) is 4.16. The van der Waals surface area contributed by atoms with Crippen LogP contribution in [-0.2, 0) is 11.3 Å². The molecular weight excluding hydrogens is 334 g/mol. The quantitative estimate of drug-likeness (QED) is 0.690. The van der Waals surface area contributed by atoms with Crippen molar-refractivity contribution in [2.75, 3.05) is 5.01 Å². The molecule has 1 heterocycles. The largest absolute Gasteiger partial charge is 0.307 e. The summed E-state index contributed by atoms with van der Waals surface area (Å²) in [6.07, 6.45) is 0.230. The lowest BCUT2D eigenvalue weighted by Crippen LogP contribution is -2.39. The molecule has 1 aromatic heterocycles. The molecule has 128 valence electrons. The smallest absolute Gasteiger partial charge is 0.303 e. The van der Waals surface area contributed by atoms with Crippen molar-refractivity contribution in [3.05, 3.63) is 81.4 Å². The van der Waals surface area contributed by atoms with E-state index in [0.29, 0.717) is 6.54 Å². The van der Waals surface area contributed by atoms with Crippen LogP contribution in [0.3, 0.4) is 0 Å². The average molecular weight is 353 g/mol. The van der Waals surface area contributed by atoms with Crippen LogP contribution in [-0.4, -0.2) is 10.5 Å². The van der Waals surface area contributed by atoms with Crippen molar-refractivity contribution in [1.29, 1.82) is 0 Å². The number of para-hydroxylation sites is 2. The summed E-state index contributed by atoms with van der Waals surface area (Å²) in [5.74, 6) is -0.148. The van der Waals surface area contributed by atoms with Gasteiger partial charge in [0.25, 0.3) is 0 Å². The standard InChI is InChI=1S/C19H19N3O2S/c1-15-14-25-19(24)21(15)13-12-18(23)20-22(16-8-4-2-5-9-16)17-10-6-3-7-11-17/h2-11,14H,12-13H2,1H3,(H,20,23). The number of amides is 1. The Morgan fingerprint density at radius 3 is 2.08 bits per heavy atom. The van der Waals surface area contributed by atoms with Crippen LogP contribution in [0.4, 0.5) is 11.4 Å². The Labute approximate surface area is 150 Å². The first-order valence-corrected chi connectivity index (χ1v) is 8.88. The minimum Gasteiger partial charge on any atom is -0.303 e. The molecule has 1 amide bonds. The van der Waals surface area contributed by atoms with Gasteiger partial charge in [-0.1, -0.05) is 47.7 Å².